The van der Waals surface area contributed by atoms with E-state index >= 15 is 0 Å². The molecule has 0 aromatic heterocycles. The van der Waals surface area contributed by atoms with Gasteiger partial charge in [-0.3, -0.25) is 9.59 Å². The number of benzene rings is 4. The smallest absolute Gasteiger partial charge is 0.340 e. The van der Waals surface area contributed by atoms with E-state index in [1.54, 1.807) is 0 Å². The molecule has 7 rings (SSSR count). The predicted octanol–water partition coefficient (Wildman–Crippen LogP) is 1.18. The highest BCUT2D eigenvalue weighted by Crippen LogP contribution is 2.49. The van der Waals surface area contributed by atoms with Gasteiger partial charge in [0.15, 0.2) is 87.0 Å². The molecule has 1 saturated heterocycles. The number of ketones is 1. The van der Waals surface area contributed by atoms with Crippen LogP contribution in [0.15, 0.2) is 60.1 Å². The number of aromatic hydroxyl groups is 12. The van der Waals surface area contributed by atoms with Gasteiger partial charge in [-0.2, -0.15) is 0 Å². The first kappa shape index (κ1) is 45.6. The van der Waals surface area contributed by atoms with Crippen LogP contribution in [0.25, 0.3) is 5.57 Å². The van der Waals surface area contributed by atoms with Crippen LogP contribution in [0.5, 0.6) is 69.0 Å². The number of carbonyl (C=O) groups is 6. The lowest BCUT2D eigenvalue weighted by Crippen LogP contribution is -2.63. The third-order valence-corrected chi connectivity index (χ3v) is 10.2. The molecule has 2 bridgehead atoms. The Kier molecular flexibility index (Phi) is 11.5. The van der Waals surface area contributed by atoms with Gasteiger partial charge in [0, 0.05) is 11.1 Å². The second-order valence-corrected chi connectivity index (χ2v) is 14.4. The molecule has 14 N–H and O–H groups in total. The van der Waals surface area contributed by atoms with Crippen LogP contribution < -0.4 is 0 Å². The Hall–Kier alpha value is -9.46. The Morgan fingerprint density at radius 2 is 1.00 bits per heavy atom. The fourth-order valence-electron chi connectivity index (χ4n) is 6.92. The first-order chi connectivity index (χ1) is 31.5. The molecule has 26 heteroatoms. The number of fused-ring (bicyclic) bond motifs is 5. The second-order valence-electron chi connectivity index (χ2n) is 14.4. The maximum absolute atomic E-state index is 14.4. The summed E-state index contributed by atoms with van der Waals surface area (Å²) in [4.78, 5) is 82.6. The van der Waals surface area contributed by atoms with Gasteiger partial charge in [0.25, 0.3) is 5.78 Å². The van der Waals surface area contributed by atoms with Gasteiger partial charge in [0.2, 0.25) is 18.1 Å². The molecule has 2 heterocycles. The molecule has 0 amide bonds. The van der Waals surface area contributed by atoms with Crippen LogP contribution in [0.1, 0.15) is 47.0 Å². The number of ether oxygens (including phenoxy) is 6. The van der Waals surface area contributed by atoms with Gasteiger partial charge in [-0.15, -0.1) is 0 Å². The molecule has 6 atom stereocenters. The Morgan fingerprint density at radius 1 is 0.537 bits per heavy atom. The van der Waals surface area contributed by atoms with Crippen LogP contribution in [-0.4, -0.2) is 144 Å². The van der Waals surface area contributed by atoms with Crippen molar-refractivity contribution >= 4 is 41.2 Å². The van der Waals surface area contributed by atoms with E-state index < -0.39 is 193 Å². The van der Waals surface area contributed by atoms with E-state index in [0.717, 1.165) is 0 Å². The van der Waals surface area contributed by atoms with E-state index in [9.17, 15) is 100 Å². The summed E-state index contributed by atoms with van der Waals surface area (Å²) in [6.45, 7) is -1.26. The summed E-state index contributed by atoms with van der Waals surface area (Å²) in [5.41, 5.74) is -5.61. The van der Waals surface area contributed by atoms with Crippen molar-refractivity contribution < 1.29 is 129 Å². The van der Waals surface area contributed by atoms with E-state index in [1.807, 2.05) is 0 Å². The molecule has 2 aliphatic heterocycles. The summed E-state index contributed by atoms with van der Waals surface area (Å²) in [5.74, 6) is -29.2. The van der Waals surface area contributed by atoms with Crippen molar-refractivity contribution in [2.24, 2.45) is 5.92 Å². The number of esters is 5. The summed E-state index contributed by atoms with van der Waals surface area (Å²) < 4.78 is 33.5. The lowest BCUT2D eigenvalue weighted by molar-refractivity contribution is -0.288. The van der Waals surface area contributed by atoms with Crippen LogP contribution in [0.3, 0.4) is 0 Å². The third kappa shape index (κ3) is 8.16. The fraction of sp³-hybridized carbons (Fsp3) is 0.171. The lowest BCUT2D eigenvalue weighted by Gasteiger charge is -2.44. The summed E-state index contributed by atoms with van der Waals surface area (Å²) in [6.07, 6.45) is -11.8. The van der Waals surface area contributed by atoms with Gasteiger partial charge < -0.3 is 99.9 Å². The summed E-state index contributed by atoms with van der Waals surface area (Å²) in [7, 11) is 0. The van der Waals surface area contributed by atoms with Crippen molar-refractivity contribution in [3.8, 4) is 69.0 Å². The minimum atomic E-state index is -2.57. The number of phenolic OH excluding ortho intramolecular Hbond substituents is 12. The minimum absolute atomic E-state index is 0.395. The Labute approximate surface area is 369 Å². The zero-order valence-corrected chi connectivity index (χ0v) is 32.9. The number of aliphatic hydroxyl groups is 2. The number of Topliss-reactive ketones (excluding diaryl/α,β-unsaturated/α-hetero) is 1. The predicted molar refractivity (Wildman–Crippen MR) is 207 cm³/mol. The van der Waals surface area contributed by atoms with Crippen molar-refractivity contribution in [1.29, 1.82) is 0 Å². The number of hydrogen-bond donors (Lipinski definition) is 14. The van der Waals surface area contributed by atoms with Crippen LogP contribution >= 0.6 is 0 Å². The highest BCUT2D eigenvalue weighted by molar-refractivity contribution is 6.16. The van der Waals surface area contributed by atoms with Crippen molar-refractivity contribution in [3.63, 3.8) is 0 Å². The number of rotatable bonds is 7. The van der Waals surface area contributed by atoms with Crippen molar-refractivity contribution in [1.82, 2.24) is 0 Å². The molecule has 6 unspecified atom stereocenters. The van der Waals surface area contributed by atoms with Crippen LogP contribution in [0.4, 0.5) is 0 Å². The van der Waals surface area contributed by atoms with Crippen LogP contribution in [0, 0.1) is 5.92 Å². The van der Waals surface area contributed by atoms with Gasteiger partial charge in [-0.25, -0.2) is 19.2 Å². The van der Waals surface area contributed by atoms with Crippen molar-refractivity contribution in [3.05, 3.63) is 87.9 Å². The summed E-state index contributed by atoms with van der Waals surface area (Å²) in [6, 6.07) is 3.82. The summed E-state index contributed by atoms with van der Waals surface area (Å²) >= 11 is 0. The van der Waals surface area contributed by atoms with Crippen LogP contribution in [0.2, 0.25) is 0 Å². The Bertz CT molecular complexity index is 2830. The molecular formula is C41H30O26. The van der Waals surface area contributed by atoms with Gasteiger partial charge in [0.1, 0.15) is 18.6 Å². The monoisotopic (exact) mass is 938 g/mol. The largest absolute Gasteiger partial charge is 0.504 e. The zero-order valence-electron chi connectivity index (χ0n) is 32.9. The zero-order chi connectivity index (χ0) is 49.1. The molecule has 0 saturated carbocycles. The van der Waals surface area contributed by atoms with E-state index in [-0.39, 0.29) is 0 Å². The maximum Gasteiger partial charge on any atom is 0.340 e. The SMILES string of the molecule is O=C1C(O)=CC2C(=O)OC3C(OC(=O)c4cc(O)c(O)c(O)c4)OC(COC(=O)c4cc(O)c(O)c(O)c4)C(OC(=O)c4cc(O)c(O)c(O)c4C2=C1O)C3OC(=O)c1cc(O)c(O)c(O)c1. The highest BCUT2D eigenvalue weighted by Gasteiger charge is 2.56. The molecule has 3 aliphatic rings. The van der Waals surface area contributed by atoms with E-state index in [0.29, 0.717) is 48.5 Å². The molecule has 0 radical (unpaired) electrons. The van der Waals surface area contributed by atoms with E-state index in [4.69, 9.17) is 28.4 Å². The first-order valence-electron chi connectivity index (χ1n) is 18.6. The molecule has 1 fully saturated rings. The highest BCUT2D eigenvalue weighted by atomic mass is 16.7. The van der Waals surface area contributed by atoms with Gasteiger partial charge in [0.05, 0.1) is 22.3 Å². The molecule has 4 aromatic rings. The topological polar surface area (TPSA) is 441 Å². The molecule has 0 spiro atoms. The molecule has 26 nitrogen and oxygen atoms in total. The normalized spacial score (nSPS) is 21.3. The average molecular weight is 939 g/mol. The lowest BCUT2D eigenvalue weighted by atomic mass is 9.83. The fourth-order valence-corrected chi connectivity index (χ4v) is 6.92. The maximum atomic E-state index is 14.4. The number of hydrogen-bond acceptors (Lipinski definition) is 26. The number of aliphatic hydroxyl groups excluding tert-OH is 2. The van der Waals surface area contributed by atoms with Crippen LogP contribution in [-0.2, 0) is 38.0 Å². The molecule has 1 aliphatic carbocycles. The Balaban J connectivity index is 1.44. The standard InChI is InChI=1S/C41H30O26/c42-15-1-10(2-16(43)26(15)50)36(57)62-9-23-33-34(65-37(58)11-3-17(44)27(51)18(45)4-11)35(41(63-23)67-38(59)12-5-19(46)28(52)20(47)6-12)66-40(61)14-8-22(49)30(54)32(56)25(14)24-13(39(60)64-33)7-21(48)29(53)31(24)55/h1-8,14,23,33-35,41-53,55-56H,9H2. The van der Waals surface area contributed by atoms with E-state index in [1.165, 1.54) is 0 Å². The average Bonchev–Trinajstić information content (AvgIpc) is 3.28. The van der Waals surface area contributed by atoms with Gasteiger partial charge >= 0.3 is 29.8 Å². The second kappa shape index (κ2) is 16.9. The van der Waals surface area contributed by atoms with Gasteiger partial charge in [-0.05, 0) is 48.5 Å². The number of phenols is 12. The molecular weight excluding hydrogens is 908 g/mol. The van der Waals surface area contributed by atoms with Gasteiger partial charge in [-0.1, -0.05) is 0 Å². The van der Waals surface area contributed by atoms with Crippen molar-refractivity contribution in [2.45, 2.75) is 30.7 Å². The minimum Gasteiger partial charge on any atom is -0.504 e. The molecule has 350 valence electrons. The Morgan fingerprint density at radius 3 is 1.51 bits per heavy atom. The van der Waals surface area contributed by atoms with Crippen molar-refractivity contribution in [2.75, 3.05) is 6.61 Å². The first-order valence-corrected chi connectivity index (χ1v) is 18.6. The van der Waals surface area contributed by atoms with E-state index in [2.05, 4.69) is 0 Å². The molecule has 4 aromatic carbocycles. The third-order valence-electron chi connectivity index (χ3n) is 10.2. The quantitative estimate of drug-likeness (QED) is 0.0702. The summed E-state index contributed by atoms with van der Waals surface area (Å²) in [5, 5.41) is 144. The number of carbonyl (C=O) groups excluding carboxylic acids is 6. The molecule has 67 heavy (non-hydrogen) atoms.